The fourth-order valence-electron chi connectivity index (χ4n) is 0.937. The van der Waals surface area contributed by atoms with Crippen LogP contribution in [0.2, 0.25) is 0 Å². The highest BCUT2D eigenvalue weighted by Gasteiger charge is 2.42. The standard InChI is InChI=1S/C17H33N3O3Si/c1-11-24(21-18-15(8)12(2)3,22-19-16(9)13(4)5)23-20-17(10)14(6)7/h11,18-20H,1H2,2-10H3. The Balaban J connectivity index is 5.27. The van der Waals surface area contributed by atoms with Gasteiger partial charge in [0.2, 0.25) is 0 Å². The summed E-state index contributed by atoms with van der Waals surface area (Å²) in [4.78, 5) is 0. The number of allylic oxidation sites excluding steroid dienone is 6. The Labute approximate surface area is 147 Å². The molecule has 0 saturated heterocycles. The normalized spacial score (nSPS) is 10.5. The summed E-state index contributed by atoms with van der Waals surface area (Å²) in [5.41, 5.74) is 16.2. The molecule has 0 aromatic heterocycles. The topological polar surface area (TPSA) is 63.8 Å². The van der Waals surface area contributed by atoms with E-state index in [0.717, 1.165) is 33.8 Å². The summed E-state index contributed by atoms with van der Waals surface area (Å²) in [7, 11) is -3.27. The lowest BCUT2D eigenvalue weighted by molar-refractivity contribution is -0.00629. The van der Waals surface area contributed by atoms with Crippen LogP contribution in [0.15, 0.2) is 46.1 Å². The smallest absolute Gasteiger partial charge is 0.278 e. The fourth-order valence-corrected chi connectivity index (χ4v) is 2.20. The van der Waals surface area contributed by atoms with Crippen LogP contribution in [0.25, 0.3) is 0 Å². The molecule has 138 valence electrons. The minimum absolute atomic E-state index is 0.888. The molecule has 0 amide bonds. The summed E-state index contributed by atoms with van der Waals surface area (Å²) in [6.45, 7) is 21.5. The first-order valence-corrected chi connectivity index (χ1v) is 9.72. The van der Waals surface area contributed by atoms with Crippen molar-refractivity contribution in [1.82, 2.24) is 16.4 Å². The minimum atomic E-state index is -3.27. The van der Waals surface area contributed by atoms with Gasteiger partial charge in [-0.2, -0.15) is 0 Å². The lowest BCUT2D eigenvalue weighted by Gasteiger charge is -2.27. The Morgan fingerprint density at radius 1 is 0.625 bits per heavy atom. The van der Waals surface area contributed by atoms with E-state index in [1.807, 2.05) is 62.3 Å². The van der Waals surface area contributed by atoms with Gasteiger partial charge in [0.1, 0.15) is 0 Å². The molecule has 0 aliphatic rings. The van der Waals surface area contributed by atoms with E-state index in [-0.39, 0.29) is 0 Å². The van der Waals surface area contributed by atoms with Crippen LogP contribution in [0.3, 0.4) is 0 Å². The van der Waals surface area contributed by atoms with Crippen molar-refractivity contribution < 1.29 is 13.6 Å². The van der Waals surface area contributed by atoms with Gasteiger partial charge in [-0.25, -0.2) is 0 Å². The molecule has 0 aromatic rings. The molecule has 0 unspecified atom stereocenters. The van der Waals surface area contributed by atoms with Crippen molar-refractivity contribution in [3.63, 3.8) is 0 Å². The van der Waals surface area contributed by atoms with Crippen molar-refractivity contribution >= 4 is 8.80 Å². The first-order valence-electron chi connectivity index (χ1n) is 7.92. The summed E-state index contributed by atoms with van der Waals surface area (Å²) in [5, 5.41) is 0. The molecule has 0 radical (unpaired) electrons. The number of hydrogen-bond acceptors (Lipinski definition) is 6. The Morgan fingerprint density at radius 2 is 0.875 bits per heavy atom. The van der Waals surface area contributed by atoms with Gasteiger partial charge in [0.15, 0.2) is 0 Å². The van der Waals surface area contributed by atoms with Gasteiger partial charge >= 0.3 is 8.80 Å². The molecule has 0 fully saturated rings. The Bertz CT molecular complexity index is 458. The SMILES string of the molecule is C=C[Si](ONC(C)=C(C)C)(ONC(C)=C(C)C)ONC(C)=C(C)C. The fraction of sp³-hybridized carbons (Fsp3) is 0.529. The summed E-state index contributed by atoms with van der Waals surface area (Å²) >= 11 is 0. The van der Waals surface area contributed by atoms with Gasteiger partial charge in [-0.05, 0) is 68.0 Å². The van der Waals surface area contributed by atoms with Crippen molar-refractivity contribution in [2.45, 2.75) is 62.3 Å². The molecule has 0 aromatic carbocycles. The van der Waals surface area contributed by atoms with Crippen molar-refractivity contribution in [3.8, 4) is 0 Å². The van der Waals surface area contributed by atoms with E-state index in [1.54, 1.807) is 5.70 Å². The second kappa shape index (κ2) is 10.3. The monoisotopic (exact) mass is 355 g/mol. The molecule has 0 saturated carbocycles. The molecule has 0 rings (SSSR count). The van der Waals surface area contributed by atoms with Crippen LogP contribution < -0.4 is 16.4 Å². The van der Waals surface area contributed by atoms with E-state index in [0.29, 0.717) is 0 Å². The molecule has 24 heavy (non-hydrogen) atoms. The average Bonchev–Trinajstić information content (AvgIpc) is 2.53. The second-order valence-corrected chi connectivity index (χ2v) is 8.52. The van der Waals surface area contributed by atoms with E-state index < -0.39 is 8.80 Å². The minimum Gasteiger partial charge on any atom is -0.278 e. The predicted molar refractivity (Wildman–Crippen MR) is 101 cm³/mol. The Hall–Kier alpha value is -1.54. The van der Waals surface area contributed by atoms with Crippen molar-refractivity contribution in [2.75, 3.05) is 0 Å². The maximum absolute atomic E-state index is 5.76. The lowest BCUT2D eigenvalue weighted by atomic mass is 10.3. The molecule has 0 aliphatic carbocycles. The van der Waals surface area contributed by atoms with E-state index in [1.165, 1.54) is 0 Å². The van der Waals surface area contributed by atoms with Crippen LogP contribution in [0.5, 0.6) is 0 Å². The second-order valence-electron chi connectivity index (χ2n) is 6.30. The third-order valence-electron chi connectivity index (χ3n) is 3.54. The van der Waals surface area contributed by atoms with Crippen LogP contribution in [-0.4, -0.2) is 8.80 Å². The van der Waals surface area contributed by atoms with Gasteiger partial charge in [0.25, 0.3) is 0 Å². The van der Waals surface area contributed by atoms with Crippen molar-refractivity contribution in [1.29, 1.82) is 0 Å². The zero-order valence-electron chi connectivity index (χ0n) is 16.5. The summed E-state index contributed by atoms with van der Waals surface area (Å²) in [6.07, 6.45) is 0. The van der Waals surface area contributed by atoms with Crippen LogP contribution >= 0.6 is 0 Å². The first kappa shape index (κ1) is 22.5. The van der Waals surface area contributed by atoms with Crippen LogP contribution in [-0.2, 0) is 13.6 Å². The summed E-state index contributed by atoms with van der Waals surface area (Å²) in [6, 6.07) is 0. The van der Waals surface area contributed by atoms with Gasteiger partial charge in [-0.3, -0.25) is 30.0 Å². The van der Waals surface area contributed by atoms with Gasteiger partial charge in [0.05, 0.1) is 0 Å². The number of nitrogens with one attached hydrogen (secondary N) is 3. The highest BCUT2D eigenvalue weighted by molar-refractivity contribution is 6.65. The molecule has 0 atom stereocenters. The largest absolute Gasteiger partial charge is 0.594 e. The average molecular weight is 356 g/mol. The first-order chi connectivity index (χ1) is 11.0. The zero-order chi connectivity index (χ0) is 18.9. The molecule has 6 nitrogen and oxygen atoms in total. The van der Waals surface area contributed by atoms with E-state index in [9.17, 15) is 0 Å². The van der Waals surface area contributed by atoms with E-state index in [4.69, 9.17) is 13.6 Å². The highest BCUT2D eigenvalue weighted by Crippen LogP contribution is 2.12. The van der Waals surface area contributed by atoms with Crippen LogP contribution in [0.1, 0.15) is 62.3 Å². The van der Waals surface area contributed by atoms with Crippen LogP contribution in [0, 0.1) is 0 Å². The molecular weight excluding hydrogens is 322 g/mol. The maximum atomic E-state index is 5.76. The van der Waals surface area contributed by atoms with Gasteiger partial charge < -0.3 is 0 Å². The van der Waals surface area contributed by atoms with E-state index >= 15 is 0 Å². The van der Waals surface area contributed by atoms with E-state index in [2.05, 4.69) is 23.0 Å². The number of rotatable bonds is 10. The number of hydrogen-bond donors (Lipinski definition) is 3. The third kappa shape index (κ3) is 7.83. The summed E-state index contributed by atoms with van der Waals surface area (Å²) in [5.74, 6) is 0. The van der Waals surface area contributed by atoms with Crippen molar-refractivity contribution in [3.05, 3.63) is 46.1 Å². The maximum Gasteiger partial charge on any atom is 0.594 e. The number of hydroxylamine groups is 3. The van der Waals surface area contributed by atoms with Gasteiger partial charge in [-0.1, -0.05) is 23.3 Å². The lowest BCUT2D eigenvalue weighted by Crippen LogP contribution is -2.53. The molecular formula is C17H33N3O3Si. The molecule has 7 heteroatoms. The third-order valence-corrected chi connectivity index (χ3v) is 5.20. The molecule has 0 bridgehead atoms. The van der Waals surface area contributed by atoms with Gasteiger partial charge in [-0.15, -0.1) is 0 Å². The molecule has 0 aliphatic heterocycles. The quantitative estimate of drug-likeness (QED) is 0.404. The Kier molecular flexibility index (Phi) is 9.68. The molecule has 0 spiro atoms. The van der Waals surface area contributed by atoms with Crippen LogP contribution in [0.4, 0.5) is 0 Å². The summed E-state index contributed by atoms with van der Waals surface area (Å²) < 4.78 is 17.3. The Morgan fingerprint density at radius 3 is 1.04 bits per heavy atom. The zero-order valence-corrected chi connectivity index (χ0v) is 17.5. The van der Waals surface area contributed by atoms with Crippen molar-refractivity contribution in [2.24, 2.45) is 0 Å². The molecule has 0 heterocycles. The van der Waals surface area contributed by atoms with Gasteiger partial charge in [0, 0.05) is 17.1 Å². The highest BCUT2D eigenvalue weighted by atomic mass is 28.4. The molecule has 3 N–H and O–H groups in total. The predicted octanol–water partition coefficient (Wildman–Crippen LogP) is 4.16.